The Morgan fingerprint density at radius 3 is 1.10 bits per heavy atom. The molecule has 1 atom stereocenters. The van der Waals surface area contributed by atoms with E-state index in [1.807, 2.05) is 36.5 Å². The lowest BCUT2D eigenvalue weighted by Gasteiger charge is -2.18. The van der Waals surface area contributed by atoms with E-state index >= 15 is 0 Å². The van der Waals surface area contributed by atoms with Crippen molar-refractivity contribution in [2.45, 2.75) is 200 Å². The van der Waals surface area contributed by atoms with Crippen LogP contribution in [0.4, 0.5) is 0 Å². The van der Waals surface area contributed by atoms with Crippen LogP contribution < -0.4 is 0 Å². The highest BCUT2D eigenvalue weighted by atomic mass is 16.6. The summed E-state index contributed by atoms with van der Waals surface area (Å²) in [5.74, 6) is -1.01. The zero-order chi connectivity index (χ0) is 43.7. The second kappa shape index (κ2) is 47.7. The van der Waals surface area contributed by atoms with Crippen molar-refractivity contribution in [2.75, 3.05) is 13.2 Å². The summed E-state index contributed by atoms with van der Waals surface area (Å²) in [4.78, 5) is 37.8. The molecule has 0 fully saturated rings. The first-order valence-corrected chi connectivity index (χ1v) is 24.0. The molecule has 0 aromatic carbocycles. The van der Waals surface area contributed by atoms with Crippen molar-refractivity contribution in [3.63, 3.8) is 0 Å². The molecule has 0 aromatic heterocycles. The fraction of sp³-hybridized carbons (Fsp3) is 0.611. The number of ether oxygens (including phenoxy) is 3. The van der Waals surface area contributed by atoms with Gasteiger partial charge >= 0.3 is 17.9 Å². The Morgan fingerprint density at radius 1 is 0.350 bits per heavy atom. The van der Waals surface area contributed by atoms with Crippen molar-refractivity contribution >= 4 is 17.9 Å². The summed E-state index contributed by atoms with van der Waals surface area (Å²) in [7, 11) is 0. The quantitative estimate of drug-likeness (QED) is 0.0264. The highest BCUT2D eigenvalue weighted by Crippen LogP contribution is 2.12. The Kier molecular flexibility index (Phi) is 44.6. The summed E-state index contributed by atoms with van der Waals surface area (Å²) in [6.07, 6.45) is 63.6. The van der Waals surface area contributed by atoms with Gasteiger partial charge in [0.05, 0.1) is 0 Å². The second-order valence-electron chi connectivity index (χ2n) is 15.5. The molecule has 0 radical (unpaired) electrons. The van der Waals surface area contributed by atoms with Crippen LogP contribution in [0.3, 0.4) is 0 Å². The van der Waals surface area contributed by atoms with Crippen LogP contribution in [-0.4, -0.2) is 37.2 Å². The molecule has 1 unspecified atom stereocenters. The Bertz CT molecular complexity index is 1280. The lowest BCUT2D eigenvalue weighted by atomic mass is 10.1. The molecule has 0 heterocycles. The third kappa shape index (κ3) is 45.2. The molecule has 0 aromatic rings. The van der Waals surface area contributed by atoms with Gasteiger partial charge < -0.3 is 14.2 Å². The van der Waals surface area contributed by atoms with Gasteiger partial charge in [-0.1, -0.05) is 201 Å². The highest BCUT2D eigenvalue weighted by molar-refractivity contribution is 5.71. The summed E-state index contributed by atoms with van der Waals surface area (Å²) in [6, 6.07) is 0. The fourth-order valence-electron chi connectivity index (χ4n) is 6.02. The van der Waals surface area contributed by atoms with E-state index in [4.69, 9.17) is 14.2 Å². The molecule has 0 saturated carbocycles. The zero-order valence-corrected chi connectivity index (χ0v) is 38.4. The molecule has 0 aliphatic heterocycles. The molecule has 338 valence electrons. The molecule has 0 rings (SSSR count). The van der Waals surface area contributed by atoms with Gasteiger partial charge in [0.25, 0.3) is 0 Å². The van der Waals surface area contributed by atoms with Gasteiger partial charge in [0, 0.05) is 19.3 Å². The van der Waals surface area contributed by atoms with Gasteiger partial charge in [-0.2, -0.15) is 0 Å². The Balaban J connectivity index is 4.51. The molecule has 60 heavy (non-hydrogen) atoms. The number of esters is 3. The Morgan fingerprint density at radius 2 is 0.667 bits per heavy atom. The molecular weight excluding hydrogens is 745 g/mol. The maximum absolute atomic E-state index is 12.7. The SMILES string of the molecule is CC\C=C/C=C\C=C/C=C\CCCCCC(=O)OC(COC(=O)CCCCC/C=C\C=C/CCCC)COC(=O)CCCCCCC\C=C/C=C\C=C/CCCCCCC. The predicted octanol–water partition coefficient (Wildman–Crippen LogP) is 15.6. The van der Waals surface area contributed by atoms with Crippen molar-refractivity contribution in [2.24, 2.45) is 0 Å². The summed E-state index contributed by atoms with van der Waals surface area (Å²) in [5, 5.41) is 0. The lowest BCUT2D eigenvalue weighted by molar-refractivity contribution is -0.167. The average Bonchev–Trinajstić information content (AvgIpc) is 3.24. The minimum Gasteiger partial charge on any atom is -0.462 e. The Labute approximate surface area is 368 Å². The predicted molar refractivity (Wildman–Crippen MR) is 256 cm³/mol. The van der Waals surface area contributed by atoms with Gasteiger partial charge in [0.1, 0.15) is 13.2 Å². The second-order valence-corrected chi connectivity index (χ2v) is 15.5. The topological polar surface area (TPSA) is 78.9 Å². The molecule has 0 amide bonds. The number of unbranched alkanes of at least 4 members (excludes halogenated alkanes) is 18. The average molecular weight is 831 g/mol. The number of carbonyl (C=O) groups excluding carboxylic acids is 3. The molecule has 0 N–H and O–H groups in total. The molecule has 0 aliphatic carbocycles. The van der Waals surface area contributed by atoms with Crippen LogP contribution in [0.15, 0.2) is 109 Å². The first kappa shape index (κ1) is 56.1. The van der Waals surface area contributed by atoms with E-state index in [1.54, 1.807) is 0 Å². The van der Waals surface area contributed by atoms with Crippen LogP contribution in [0.2, 0.25) is 0 Å². The summed E-state index contributed by atoms with van der Waals surface area (Å²) < 4.78 is 16.7. The smallest absolute Gasteiger partial charge is 0.306 e. The first-order chi connectivity index (χ1) is 29.5. The molecule has 0 bridgehead atoms. The molecule has 0 spiro atoms. The number of rotatable bonds is 41. The molecule has 0 aliphatic rings. The largest absolute Gasteiger partial charge is 0.462 e. The van der Waals surface area contributed by atoms with Crippen LogP contribution in [0.1, 0.15) is 194 Å². The normalized spacial score (nSPS) is 13.1. The van der Waals surface area contributed by atoms with E-state index in [-0.39, 0.29) is 37.5 Å². The number of hydrogen-bond acceptors (Lipinski definition) is 6. The van der Waals surface area contributed by atoms with Crippen molar-refractivity contribution < 1.29 is 28.6 Å². The Hall–Kier alpha value is -3.93. The number of carbonyl (C=O) groups is 3. The molecule has 6 heteroatoms. The third-order valence-electron chi connectivity index (χ3n) is 9.66. The van der Waals surface area contributed by atoms with Crippen LogP contribution in [0.25, 0.3) is 0 Å². The number of allylic oxidation sites excluding steroid dienone is 18. The maximum atomic E-state index is 12.7. The minimum absolute atomic E-state index is 0.116. The van der Waals surface area contributed by atoms with E-state index < -0.39 is 6.10 Å². The van der Waals surface area contributed by atoms with E-state index in [2.05, 4.69) is 93.7 Å². The van der Waals surface area contributed by atoms with Crippen LogP contribution in [0.5, 0.6) is 0 Å². The molecular formula is C54H86O6. The van der Waals surface area contributed by atoms with Gasteiger partial charge in [-0.05, 0) is 83.5 Å². The summed E-state index contributed by atoms with van der Waals surface area (Å²) >= 11 is 0. The van der Waals surface area contributed by atoms with Gasteiger partial charge in [-0.15, -0.1) is 0 Å². The minimum atomic E-state index is -0.818. The van der Waals surface area contributed by atoms with Crippen molar-refractivity contribution in [3.8, 4) is 0 Å². The third-order valence-corrected chi connectivity index (χ3v) is 9.66. The number of hydrogen-bond donors (Lipinski definition) is 0. The summed E-state index contributed by atoms with van der Waals surface area (Å²) in [5.41, 5.74) is 0. The van der Waals surface area contributed by atoms with Crippen molar-refractivity contribution in [1.82, 2.24) is 0 Å². The summed E-state index contributed by atoms with van der Waals surface area (Å²) in [6.45, 7) is 6.32. The zero-order valence-electron chi connectivity index (χ0n) is 38.4. The standard InChI is InChI=1S/C54H86O6/c1-4-7-10-13-16-19-22-24-25-26-27-28-30-32-35-38-41-44-47-53(56)59-50-51(49-58-52(55)46-43-40-37-34-31-21-18-15-12-9-6-3)60-54(57)48-45-42-39-36-33-29-23-20-17-14-11-8-5-2/h8,11,14-15,17-18,20-29,31,33,51H,4-7,9-10,12-13,16,19,30,32,34-50H2,1-3H3/b11-8-,17-14-,18-15-,23-20-,24-22-,26-25-,28-27-,31-21-,33-29-. The van der Waals surface area contributed by atoms with E-state index in [0.29, 0.717) is 19.3 Å². The monoisotopic (exact) mass is 831 g/mol. The maximum Gasteiger partial charge on any atom is 0.306 e. The molecule has 6 nitrogen and oxygen atoms in total. The highest BCUT2D eigenvalue weighted by Gasteiger charge is 2.19. The molecule has 0 saturated heterocycles. The van der Waals surface area contributed by atoms with E-state index in [0.717, 1.165) is 103 Å². The lowest BCUT2D eigenvalue weighted by Crippen LogP contribution is -2.30. The van der Waals surface area contributed by atoms with Crippen LogP contribution in [0, 0.1) is 0 Å². The van der Waals surface area contributed by atoms with Crippen molar-refractivity contribution in [1.29, 1.82) is 0 Å². The van der Waals surface area contributed by atoms with Gasteiger partial charge in [0.2, 0.25) is 0 Å². The van der Waals surface area contributed by atoms with Crippen molar-refractivity contribution in [3.05, 3.63) is 109 Å². The van der Waals surface area contributed by atoms with Gasteiger partial charge in [-0.25, -0.2) is 0 Å². The van der Waals surface area contributed by atoms with Crippen LogP contribution in [-0.2, 0) is 28.6 Å². The van der Waals surface area contributed by atoms with Crippen LogP contribution >= 0.6 is 0 Å². The van der Waals surface area contributed by atoms with Gasteiger partial charge in [0.15, 0.2) is 6.10 Å². The van der Waals surface area contributed by atoms with E-state index in [9.17, 15) is 14.4 Å². The van der Waals surface area contributed by atoms with E-state index in [1.165, 1.54) is 44.9 Å². The van der Waals surface area contributed by atoms with Gasteiger partial charge in [-0.3, -0.25) is 14.4 Å². The fourth-order valence-corrected chi connectivity index (χ4v) is 6.02. The first-order valence-electron chi connectivity index (χ1n) is 24.0.